The van der Waals surface area contributed by atoms with E-state index in [1.165, 1.54) is 12.1 Å². The van der Waals surface area contributed by atoms with Crippen LogP contribution in [0.4, 0.5) is 18.9 Å². The van der Waals surface area contributed by atoms with Crippen LogP contribution in [0.1, 0.15) is 13.3 Å². The van der Waals surface area contributed by atoms with Crippen LogP contribution in [0.3, 0.4) is 0 Å². The summed E-state index contributed by atoms with van der Waals surface area (Å²) in [5.41, 5.74) is -4.52. The molecule has 1 aliphatic rings. The van der Waals surface area contributed by atoms with Gasteiger partial charge in [0.25, 0.3) is 9.84 Å². The third-order valence-corrected chi connectivity index (χ3v) is 5.60. The van der Waals surface area contributed by atoms with E-state index in [1.54, 1.807) is 0 Å². The van der Waals surface area contributed by atoms with Crippen LogP contribution >= 0.6 is 0 Å². The van der Waals surface area contributed by atoms with E-state index in [0.717, 1.165) is 43.9 Å². The largest absolute Gasteiger partial charge is 0.501 e. The number of hydrogen-bond acceptors (Lipinski definition) is 4. The zero-order valence-corrected chi connectivity index (χ0v) is 13.3. The molecule has 8 heteroatoms. The zero-order valence-electron chi connectivity index (χ0n) is 12.5. The minimum atomic E-state index is -5.27. The van der Waals surface area contributed by atoms with Gasteiger partial charge in [-0.25, -0.2) is 8.42 Å². The van der Waals surface area contributed by atoms with Crippen LogP contribution in [-0.4, -0.2) is 51.5 Å². The summed E-state index contributed by atoms with van der Waals surface area (Å²) in [4.78, 5) is 3.56. The van der Waals surface area contributed by atoms with E-state index < -0.39 is 20.2 Å². The fourth-order valence-corrected chi connectivity index (χ4v) is 3.33. The van der Waals surface area contributed by atoms with E-state index in [1.807, 2.05) is 7.05 Å². The van der Waals surface area contributed by atoms with E-state index in [9.17, 15) is 21.6 Å². The average molecular weight is 336 g/mol. The van der Waals surface area contributed by atoms with Gasteiger partial charge in [0.2, 0.25) is 0 Å². The Morgan fingerprint density at radius 3 is 2.36 bits per heavy atom. The molecular weight excluding hydrogens is 317 g/mol. The predicted octanol–water partition coefficient (Wildman–Crippen LogP) is 2.51. The summed E-state index contributed by atoms with van der Waals surface area (Å²) >= 11 is 0. The molecule has 0 aliphatic carbocycles. The molecule has 1 saturated heterocycles. The van der Waals surface area contributed by atoms with Crippen molar-refractivity contribution in [3.63, 3.8) is 0 Å². The molecule has 1 atom stereocenters. The predicted molar refractivity (Wildman–Crippen MR) is 78.6 cm³/mol. The van der Waals surface area contributed by atoms with Crippen molar-refractivity contribution in [2.24, 2.45) is 0 Å². The molecule has 22 heavy (non-hydrogen) atoms. The van der Waals surface area contributed by atoms with Gasteiger partial charge in [-0.05, 0) is 44.3 Å². The summed E-state index contributed by atoms with van der Waals surface area (Å²) in [6.07, 6.45) is 0.979. The molecule has 0 amide bonds. The molecule has 0 spiro atoms. The first-order valence-electron chi connectivity index (χ1n) is 7.03. The number of rotatable bonds is 4. The Morgan fingerprint density at radius 1 is 1.27 bits per heavy atom. The second kappa shape index (κ2) is 6.08. The fraction of sp³-hybridized carbons (Fsp3) is 0.571. The van der Waals surface area contributed by atoms with Crippen molar-refractivity contribution >= 4 is 15.5 Å². The van der Waals surface area contributed by atoms with Crippen molar-refractivity contribution in [1.29, 1.82) is 0 Å². The van der Waals surface area contributed by atoms with Gasteiger partial charge in [-0.15, -0.1) is 0 Å². The van der Waals surface area contributed by atoms with E-state index in [2.05, 4.69) is 16.7 Å². The normalized spacial score (nSPS) is 19.9. The molecule has 2 rings (SSSR count). The number of hydrogen-bond donors (Lipinski definition) is 0. The number of likely N-dealkylation sites (N-methyl/N-ethyl adjacent to an activating group) is 1. The van der Waals surface area contributed by atoms with E-state index in [-0.39, 0.29) is 0 Å². The summed E-state index contributed by atoms with van der Waals surface area (Å²) in [7, 11) is -3.24. The van der Waals surface area contributed by atoms with Crippen LogP contribution in [-0.2, 0) is 9.84 Å². The molecule has 0 aromatic heterocycles. The lowest BCUT2D eigenvalue weighted by Gasteiger charge is -2.24. The highest BCUT2D eigenvalue weighted by molar-refractivity contribution is 7.92. The minimum Gasteiger partial charge on any atom is -0.370 e. The molecule has 1 heterocycles. The van der Waals surface area contributed by atoms with Gasteiger partial charge < -0.3 is 9.80 Å². The highest BCUT2D eigenvalue weighted by Gasteiger charge is 2.46. The molecule has 0 bridgehead atoms. The standard InChI is InChI=1S/C14H19F3N2O2S/c1-3-18(2)12-8-9-19(10-12)11-4-6-13(7-5-11)22(20,21)14(15,16)17/h4-7,12H,3,8-10H2,1-2H3/t12-/m0/s1. The molecule has 0 saturated carbocycles. The van der Waals surface area contributed by atoms with Crippen LogP contribution in [0.5, 0.6) is 0 Å². The van der Waals surface area contributed by atoms with Gasteiger partial charge in [0.1, 0.15) is 0 Å². The summed E-state index contributed by atoms with van der Waals surface area (Å²) < 4.78 is 60.1. The van der Waals surface area contributed by atoms with Gasteiger partial charge >= 0.3 is 5.51 Å². The first kappa shape index (κ1) is 17.1. The highest BCUT2D eigenvalue weighted by atomic mass is 32.2. The van der Waals surface area contributed by atoms with Crippen LogP contribution in [0.25, 0.3) is 0 Å². The summed E-state index contributed by atoms with van der Waals surface area (Å²) in [6.45, 7) is 4.59. The molecule has 0 N–H and O–H groups in total. The Bertz CT molecular complexity index is 614. The fourth-order valence-electron chi connectivity index (χ4n) is 2.56. The summed E-state index contributed by atoms with van der Waals surface area (Å²) in [6, 6.07) is 5.33. The first-order chi connectivity index (χ1) is 10.2. The maximum Gasteiger partial charge on any atom is 0.501 e. The minimum absolute atomic E-state index is 0.406. The van der Waals surface area contributed by atoms with Crippen molar-refractivity contribution < 1.29 is 21.6 Å². The zero-order chi connectivity index (χ0) is 16.5. The van der Waals surface area contributed by atoms with Crippen molar-refractivity contribution in [2.75, 3.05) is 31.6 Å². The lowest BCUT2D eigenvalue weighted by molar-refractivity contribution is -0.0436. The van der Waals surface area contributed by atoms with Crippen molar-refractivity contribution in [3.05, 3.63) is 24.3 Å². The SMILES string of the molecule is CCN(C)[C@H]1CCN(c2ccc(S(=O)(=O)C(F)(F)F)cc2)C1. The number of nitrogens with zero attached hydrogens (tertiary/aromatic N) is 2. The van der Waals surface area contributed by atoms with Crippen molar-refractivity contribution in [2.45, 2.75) is 29.8 Å². The Balaban J connectivity index is 2.14. The van der Waals surface area contributed by atoms with Gasteiger partial charge in [-0.1, -0.05) is 6.92 Å². The van der Waals surface area contributed by atoms with Gasteiger partial charge in [0.15, 0.2) is 0 Å². The first-order valence-corrected chi connectivity index (χ1v) is 8.51. The lowest BCUT2D eigenvalue weighted by Crippen LogP contribution is -2.34. The van der Waals surface area contributed by atoms with Gasteiger partial charge in [0, 0.05) is 24.8 Å². The van der Waals surface area contributed by atoms with Gasteiger partial charge in [0.05, 0.1) is 4.90 Å². The van der Waals surface area contributed by atoms with Gasteiger partial charge in [-0.3, -0.25) is 0 Å². The number of sulfone groups is 1. The molecule has 0 unspecified atom stereocenters. The summed E-state index contributed by atoms with van der Waals surface area (Å²) in [5.74, 6) is 0. The highest BCUT2D eigenvalue weighted by Crippen LogP contribution is 2.31. The number of halogens is 3. The molecule has 1 aliphatic heterocycles. The second-order valence-electron chi connectivity index (χ2n) is 5.40. The quantitative estimate of drug-likeness (QED) is 0.847. The Labute approximate surface area is 128 Å². The van der Waals surface area contributed by atoms with E-state index in [4.69, 9.17) is 0 Å². The van der Waals surface area contributed by atoms with Crippen LogP contribution in [0, 0.1) is 0 Å². The van der Waals surface area contributed by atoms with Crippen molar-refractivity contribution in [1.82, 2.24) is 4.90 Å². The smallest absolute Gasteiger partial charge is 0.370 e. The molecule has 4 nitrogen and oxygen atoms in total. The van der Waals surface area contributed by atoms with Crippen molar-refractivity contribution in [3.8, 4) is 0 Å². The Morgan fingerprint density at radius 2 is 1.86 bits per heavy atom. The average Bonchev–Trinajstić information content (AvgIpc) is 2.95. The Hall–Kier alpha value is -1.28. The topological polar surface area (TPSA) is 40.6 Å². The monoisotopic (exact) mass is 336 g/mol. The third-order valence-electron chi connectivity index (χ3n) is 4.10. The third kappa shape index (κ3) is 3.22. The Kier molecular flexibility index (Phi) is 4.72. The molecule has 1 fully saturated rings. The van der Waals surface area contributed by atoms with Crippen LogP contribution < -0.4 is 4.90 Å². The van der Waals surface area contributed by atoms with Crippen LogP contribution in [0.2, 0.25) is 0 Å². The molecule has 124 valence electrons. The number of anilines is 1. The number of alkyl halides is 3. The van der Waals surface area contributed by atoms with Gasteiger partial charge in [-0.2, -0.15) is 13.2 Å². The maximum atomic E-state index is 12.5. The molecular formula is C14H19F3N2O2S. The van der Waals surface area contributed by atoms with Crippen LogP contribution in [0.15, 0.2) is 29.2 Å². The maximum absolute atomic E-state index is 12.5. The summed E-state index contributed by atoms with van der Waals surface area (Å²) in [5, 5.41) is 0. The lowest BCUT2D eigenvalue weighted by atomic mass is 10.2. The van der Waals surface area contributed by atoms with E-state index >= 15 is 0 Å². The molecule has 1 aromatic carbocycles. The molecule has 0 radical (unpaired) electrons. The molecule has 1 aromatic rings. The number of benzene rings is 1. The van der Waals surface area contributed by atoms with E-state index in [0.29, 0.717) is 6.04 Å². The second-order valence-corrected chi connectivity index (χ2v) is 7.35.